The molecule has 0 radical (unpaired) electrons. The fourth-order valence-electron chi connectivity index (χ4n) is 5.77. The Kier molecular flexibility index (Phi) is 38.2. The summed E-state index contributed by atoms with van der Waals surface area (Å²) in [6.07, 6.45) is 17.6. The molecule has 59 heavy (non-hydrogen) atoms. The molecule has 0 saturated heterocycles. The number of carbonyl (C=O) groups excluding carboxylic acids is 4. The minimum atomic E-state index is -1.19. The Morgan fingerprint density at radius 1 is 0.373 bits per heavy atom. The van der Waals surface area contributed by atoms with Gasteiger partial charge in [-0.1, -0.05) is 83.5 Å². The van der Waals surface area contributed by atoms with Gasteiger partial charge in [0.15, 0.2) is 0 Å². The fourth-order valence-corrected chi connectivity index (χ4v) is 5.77. The first kappa shape index (κ1) is 55.1. The average Bonchev–Trinajstić information content (AvgIpc) is 3.19. The van der Waals surface area contributed by atoms with Crippen molar-refractivity contribution in [3.05, 3.63) is 0 Å². The smallest absolute Gasteiger partial charge is 0.326 e. The molecule has 1 unspecified atom stereocenters. The Morgan fingerprint density at radius 3 is 1.19 bits per heavy atom. The molecule has 0 fully saturated rings. The van der Waals surface area contributed by atoms with E-state index in [9.17, 15) is 38.7 Å². The highest BCUT2D eigenvalue weighted by Crippen LogP contribution is 2.14. The number of ether oxygens (including phenoxy) is 4. The molecule has 0 aromatic rings. The third kappa shape index (κ3) is 42.1. The van der Waals surface area contributed by atoms with E-state index in [-0.39, 0.29) is 122 Å². The van der Waals surface area contributed by atoms with Crippen LogP contribution in [0.2, 0.25) is 0 Å². The highest BCUT2D eigenvalue weighted by molar-refractivity contribution is 5.84. The molecule has 18 nitrogen and oxygen atoms in total. The highest BCUT2D eigenvalue weighted by atomic mass is 16.5. The number of unbranched alkanes of at least 4 members (excludes halogenated alkanes) is 15. The molecule has 1 atom stereocenters. The van der Waals surface area contributed by atoms with Crippen LogP contribution < -0.4 is 21.3 Å². The monoisotopic (exact) mass is 847 g/mol. The van der Waals surface area contributed by atoms with Crippen LogP contribution in [0.15, 0.2) is 0 Å². The maximum absolute atomic E-state index is 12.3. The number of aliphatic carboxylic acids is 3. The molecule has 0 aliphatic carbocycles. The quantitative estimate of drug-likeness (QED) is 0.0431. The summed E-state index contributed by atoms with van der Waals surface area (Å²) >= 11 is 0. The Labute approximate surface area is 350 Å². The molecule has 4 amide bonds. The van der Waals surface area contributed by atoms with Gasteiger partial charge in [-0.2, -0.15) is 0 Å². The molecule has 0 aromatic heterocycles. The number of hydrogen-bond acceptors (Lipinski definition) is 11. The number of carboxylic acid groups (broad SMARTS) is 3. The van der Waals surface area contributed by atoms with Gasteiger partial charge in [-0.05, 0) is 32.1 Å². The van der Waals surface area contributed by atoms with Crippen molar-refractivity contribution in [1.29, 1.82) is 0 Å². The van der Waals surface area contributed by atoms with E-state index in [1.807, 2.05) is 0 Å². The lowest BCUT2D eigenvalue weighted by atomic mass is 10.0. The van der Waals surface area contributed by atoms with E-state index in [2.05, 4.69) is 21.3 Å². The predicted molar refractivity (Wildman–Crippen MR) is 219 cm³/mol. The van der Waals surface area contributed by atoms with Crippen molar-refractivity contribution in [3.63, 3.8) is 0 Å². The molecule has 0 spiro atoms. The van der Waals surface area contributed by atoms with E-state index in [1.54, 1.807) is 0 Å². The van der Waals surface area contributed by atoms with Gasteiger partial charge in [0, 0.05) is 45.3 Å². The van der Waals surface area contributed by atoms with Crippen LogP contribution in [0, 0.1) is 0 Å². The van der Waals surface area contributed by atoms with Gasteiger partial charge in [-0.15, -0.1) is 0 Å². The summed E-state index contributed by atoms with van der Waals surface area (Å²) < 4.78 is 21.2. The average molecular weight is 847 g/mol. The number of carboxylic acids is 3. The minimum Gasteiger partial charge on any atom is -0.481 e. The third-order valence-electron chi connectivity index (χ3n) is 9.07. The summed E-state index contributed by atoms with van der Waals surface area (Å²) in [7, 11) is 0. The minimum absolute atomic E-state index is 0.0289. The normalized spacial score (nSPS) is 11.5. The van der Waals surface area contributed by atoms with Crippen LogP contribution in [0.4, 0.5) is 0 Å². The van der Waals surface area contributed by atoms with Crippen molar-refractivity contribution in [2.75, 3.05) is 72.5 Å². The predicted octanol–water partition coefficient (Wildman–Crippen LogP) is 3.72. The van der Waals surface area contributed by atoms with Crippen molar-refractivity contribution in [2.45, 2.75) is 147 Å². The van der Waals surface area contributed by atoms with Crippen LogP contribution in [0.25, 0.3) is 0 Å². The first-order chi connectivity index (χ1) is 28.5. The van der Waals surface area contributed by atoms with Crippen LogP contribution in [0.5, 0.6) is 0 Å². The molecule has 0 rings (SSSR count). The van der Waals surface area contributed by atoms with E-state index in [1.165, 1.54) is 44.9 Å². The van der Waals surface area contributed by atoms with Gasteiger partial charge in [0.2, 0.25) is 23.6 Å². The molecule has 0 saturated carbocycles. The second kappa shape index (κ2) is 40.9. The van der Waals surface area contributed by atoms with Crippen molar-refractivity contribution < 1.29 is 67.8 Å². The number of nitrogens with one attached hydrogen (secondary N) is 4. The van der Waals surface area contributed by atoms with Gasteiger partial charge in [0.05, 0.1) is 39.6 Å². The van der Waals surface area contributed by atoms with Crippen molar-refractivity contribution in [3.8, 4) is 0 Å². The van der Waals surface area contributed by atoms with Crippen molar-refractivity contribution >= 4 is 41.5 Å². The zero-order valence-corrected chi connectivity index (χ0v) is 35.2. The van der Waals surface area contributed by atoms with E-state index < -0.39 is 23.9 Å². The SMILES string of the molecule is O=C(O)CCCCCCCCCCCCCCCCC(=O)NC(CCC(=O)NCCOCCOCC(=O)NCCOCCOCC(=O)NCCCCCC(=O)O)C(=O)O. The van der Waals surface area contributed by atoms with Crippen LogP contribution in [-0.2, 0) is 52.5 Å². The van der Waals surface area contributed by atoms with E-state index in [0.717, 1.165) is 44.9 Å². The summed E-state index contributed by atoms with van der Waals surface area (Å²) in [6.45, 7) is 1.95. The summed E-state index contributed by atoms with van der Waals surface area (Å²) in [5.41, 5.74) is 0. The van der Waals surface area contributed by atoms with Crippen LogP contribution >= 0.6 is 0 Å². The molecule has 0 aliphatic heterocycles. The maximum Gasteiger partial charge on any atom is 0.326 e. The van der Waals surface area contributed by atoms with E-state index >= 15 is 0 Å². The summed E-state index contributed by atoms with van der Waals surface area (Å²) in [4.78, 5) is 80.6. The molecule has 0 aromatic carbocycles. The van der Waals surface area contributed by atoms with Gasteiger partial charge >= 0.3 is 17.9 Å². The number of amides is 4. The second-order valence-electron chi connectivity index (χ2n) is 14.4. The van der Waals surface area contributed by atoms with Crippen LogP contribution in [0.1, 0.15) is 141 Å². The second-order valence-corrected chi connectivity index (χ2v) is 14.4. The molecule has 18 heteroatoms. The molecular weight excluding hydrogens is 772 g/mol. The Hall–Kier alpha value is -3.87. The number of hydrogen-bond donors (Lipinski definition) is 7. The lowest BCUT2D eigenvalue weighted by molar-refractivity contribution is -0.142. The van der Waals surface area contributed by atoms with Crippen LogP contribution in [0.3, 0.4) is 0 Å². The summed E-state index contributed by atoms with van der Waals surface area (Å²) in [6, 6.07) is -1.14. The molecule has 0 bridgehead atoms. The Balaban J connectivity index is 3.64. The first-order valence-corrected chi connectivity index (χ1v) is 21.6. The Bertz CT molecular complexity index is 1140. The molecule has 0 aliphatic rings. The lowest BCUT2D eigenvalue weighted by Gasteiger charge is -2.14. The summed E-state index contributed by atoms with van der Waals surface area (Å²) in [5, 5.41) is 37.3. The van der Waals surface area contributed by atoms with Crippen LogP contribution in [-0.4, -0.2) is 135 Å². The summed E-state index contributed by atoms with van der Waals surface area (Å²) in [5.74, 6) is -4.00. The van der Waals surface area contributed by atoms with E-state index in [4.69, 9.17) is 29.2 Å². The van der Waals surface area contributed by atoms with Gasteiger partial charge in [-0.3, -0.25) is 28.8 Å². The molecule has 342 valence electrons. The van der Waals surface area contributed by atoms with Gasteiger partial charge < -0.3 is 55.5 Å². The van der Waals surface area contributed by atoms with Gasteiger partial charge in [0.1, 0.15) is 19.3 Å². The number of rotatable bonds is 44. The largest absolute Gasteiger partial charge is 0.481 e. The zero-order chi connectivity index (χ0) is 43.6. The van der Waals surface area contributed by atoms with Gasteiger partial charge in [-0.25, -0.2) is 4.79 Å². The first-order valence-electron chi connectivity index (χ1n) is 21.6. The van der Waals surface area contributed by atoms with E-state index in [0.29, 0.717) is 25.8 Å². The molecule has 0 heterocycles. The maximum atomic E-state index is 12.3. The standard InChI is InChI=1S/C41H74N4O14/c46-35(22-21-34(41(54)55)45-36(47)18-14-11-9-7-5-3-1-2-4-6-8-10-12-15-19-39(50)51)43-24-26-56-28-31-59-33-38(49)44-25-27-57-29-30-58-32-37(48)42-23-17-13-16-20-40(52)53/h34H,1-33H2,(H,42,48)(H,43,46)(H,44,49)(H,45,47)(H,50,51)(H,52,53)(H,54,55). The zero-order valence-electron chi connectivity index (χ0n) is 35.2. The molecule has 7 N–H and O–H groups in total. The highest BCUT2D eigenvalue weighted by Gasteiger charge is 2.20. The third-order valence-corrected chi connectivity index (χ3v) is 9.07. The lowest BCUT2D eigenvalue weighted by Crippen LogP contribution is -2.41. The fraction of sp³-hybridized carbons (Fsp3) is 0.829. The molecular formula is C41H74N4O14. The van der Waals surface area contributed by atoms with Crippen molar-refractivity contribution in [2.24, 2.45) is 0 Å². The Morgan fingerprint density at radius 2 is 0.746 bits per heavy atom. The number of carbonyl (C=O) groups is 7. The van der Waals surface area contributed by atoms with Gasteiger partial charge in [0.25, 0.3) is 0 Å². The topological polar surface area (TPSA) is 265 Å². The van der Waals surface area contributed by atoms with Crippen molar-refractivity contribution in [1.82, 2.24) is 21.3 Å².